The molecular formula is C16H20Cl2N2O2. The predicted molar refractivity (Wildman–Crippen MR) is 87.5 cm³/mol. The van der Waals surface area contributed by atoms with Crippen molar-refractivity contribution in [2.45, 2.75) is 31.4 Å². The summed E-state index contributed by atoms with van der Waals surface area (Å²) >= 11 is 11.8. The van der Waals surface area contributed by atoms with Gasteiger partial charge in [0.25, 0.3) is 5.91 Å². The van der Waals surface area contributed by atoms with E-state index >= 15 is 0 Å². The molecule has 1 saturated heterocycles. The molecule has 0 radical (unpaired) electrons. The molecular weight excluding hydrogens is 323 g/mol. The first-order chi connectivity index (χ1) is 10.5. The number of carbonyl (C=O) groups excluding carboxylic acids is 1. The largest absolute Gasteiger partial charge is 0.390 e. The van der Waals surface area contributed by atoms with Crippen LogP contribution in [0.25, 0.3) is 0 Å². The summed E-state index contributed by atoms with van der Waals surface area (Å²) in [6.45, 7) is 2.62. The normalized spacial score (nSPS) is 26.0. The number of carbonyl (C=O) groups is 1. The average Bonchev–Trinajstić information content (AvgIpc) is 3.28. The van der Waals surface area contributed by atoms with Crippen LogP contribution >= 0.6 is 23.2 Å². The highest BCUT2D eigenvalue weighted by molar-refractivity contribution is 6.42. The van der Waals surface area contributed by atoms with Crippen LogP contribution in [0.4, 0.5) is 0 Å². The van der Waals surface area contributed by atoms with Crippen LogP contribution in [-0.4, -0.2) is 47.7 Å². The van der Waals surface area contributed by atoms with Crippen molar-refractivity contribution in [1.82, 2.24) is 10.2 Å². The fraction of sp³-hybridized carbons (Fsp3) is 0.562. The van der Waals surface area contributed by atoms with Crippen LogP contribution in [0, 0.1) is 5.92 Å². The van der Waals surface area contributed by atoms with Crippen molar-refractivity contribution in [3.8, 4) is 0 Å². The number of benzene rings is 1. The minimum Gasteiger partial charge on any atom is -0.390 e. The lowest BCUT2D eigenvalue weighted by atomic mass is 10.0. The maximum atomic E-state index is 12.3. The predicted octanol–water partition coefficient (Wildman–Crippen LogP) is 2.57. The third-order valence-electron chi connectivity index (χ3n) is 4.38. The molecule has 2 N–H and O–H groups in total. The van der Waals surface area contributed by atoms with Crippen LogP contribution in [0.5, 0.6) is 0 Å². The van der Waals surface area contributed by atoms with Crippen molar-refractivity contribution < 1.29 is 9.90 Å². The number of halogens is 2. The van der Waals surface area contributed by atoms with Crippen LogP contribution in [-0.2, 0) is 0 Å². The van der Waals surface area contributed by atoms with Gasteiger partial charge in [0.2, 0.25) is 0 Å². The molecule has 1 aliphatic carbocycles. The Morgan fingerprint density at radius 3 is 2.68 bits per heavy atom. The van der Waals surface area contributed by atoms with Gasteiger partial charge < -0.3 is 15.3 Å². The Bertz CT molecular complexity index is 563. The van der Waals surface area contributed by atoms with Crippen LogP contribution in [0.1, 0.15) is 29.6 Å². The number of nitrogens with zero attached hydrogens (tertiary/aromatic N) is 1. The lowest BCUT2D eigenvalue weighted by molar-refractivity contribution is 0.0363. The molecule has 4 nitrogen and oxygen atoms in total. The highest BCUT2D eigenvalue weighted by atomic mass is 35.5. The van der Waals surface area contributed by atoms with Crippen molar-refractivity contribution in [1.29, 1.82) is 0 Å². The number of aliphatic hydroxyl groups is 1. The fourth-order valence-electron chi connectivity index (χ4n) is 2.89. The summed E-state index contributed by atoms with van der Waals surface area (Å²) in [5, 5.41) is 13.9. The second-order valence-electron chi connectivity index (χ2n) is 6.27. The number of nitrogens with one attached hydrogen (secondary N) is 1. The Balaban J connectivity index is 1.55. The summed E-state index contributed by atoms with van der Waals surface area (Å²) in [5.74, 6) is 0.591. The van der Waals surface area contributed by atoms with Gasteiger partial charge in [-0.3, -0.25) is 4.79 Å². The molecule has 1 aromatic rings. The topological polar surface area (TPSA) is 52.6 Å². The molecule has 6 heteroatoms. The molecule has 1 saturated carbocycles. The number of aliphatic hydroxyl groups excluding tert-OH is 1. The minimum atomic E-state index is -0.528. The number of rotatable bonds is 4. The van der Waals surface area contributed by atoms with Gasteiger partial charge in [0, 0.05) is 25.2 Å². The van der Waals surface area contributed by atoms with Gasteiger partial charge in [0.15, 0.2) is 0 Å². The first-order valence-corrected chi connectivity index (χ1v) is 8.45. The molecule has 1 heterocycles. The first kappa shape index (κ1) is 16.1. The molecule has 2 fully saturated rings. The summed E-state index contributed by atoms with van der Waals surface area (Å²) in [6, 6.07) is 4.58. The molecule has 0 aromatic heterocycles. The molecule has 1 aromatic carbocycles. The smallest absolute Gasteiger partial charge is 0.251 e. The third-order valence-corrected chi connectivity index (χ3v) is 5.12. The van der Waals surface area contributed by atoms with Crippen LogP contribution in [0.2, 0.25) is 10.0 Å². The number of β-amino-alcohol motifs (C(OH)–C–C–N with tert-alkyl or cyclic N) is 1. The fourth-order valence-corrected chi connectivity index (χ4v) is 3.18. The van der Waals surface area contributed by atoms with Crippen molar-refractivity contribution >= 4 is 29.1 Å². The highest BCUT2D eigenvalue weighted by Gasteiger charge is 2.32. The summed E-state index contributed by atoms with van der Waals surface area (Å²) in [5.41, 5.74) is 0.460. The lowest BCUT2D eigenvalue weighted by Gasteiger charge is -2.36. The lowest BCUT2D eigenvalue weighted by Crippen LogP contribution is -2.54. The van der Waals surface area contributed by atoms with Gasteiger partial charge in [-0.15, -0.1) is 0 Å². The molecule has 1 amide bonds. The summed E-state index contributed by atoms with van der Waals surface area (Å²) in [7, 11) is 0. The van der Waals surface area contributed by atoms with Crippen LogP contribution in [0.3, 0.4) is 0 Å². The number of likely N-dealkylation sites (tertiary alicyclic amines) is 1. The summed E-state index contributed by atoms with van der Waals surface area (Å²) in [4.78, 5) is 14.5. The Labute approximate surface area is 140 Å². The van der Waals surface area contributed by atoms with E-state index in [0.29, 0.717) is 22.2 Å². The Morgan fingerprint density at radius 2 is 2.05 bits per heavy atom. The summed E-state index contributed by atoms with van der Waals surface area (Å²) in [6.07, 6.45) is 2.86. The van der Waals surface area contributed by atoms with Crippen molar-refractivity contribution in [3.05, 3.63) is 33.8 Å². The number of piperidine rings is 1. The third kappa shape index (κ3) is 3.93. The molecule has 0 spiro atoms. The molecule has 1 aliphatic heterocycles. The van der Waals surface area contributed by atoms with Crippen LogP contribution in [0.15, 0.2) is 18.2 Å². The van der Waals surface area contributed by atoms with Gasteiger partial charge in [0.05, 0.1) is 22.2 Å². The Hall–Kier alpha value is -0.810. The monoisotopic (exact) mass is 342 g/mol. The van der Waals surface area contributed by atoms with E-state index in [4.69, 9.17) is 23.2 Å². The number of amides is 1. The Kier molecular flexibility index (Phi) is 4.93. The van der Waals surface area contributed by atoms with E-state index in [2.05, 4.69) is 10.2 Å². The van der Waals surface area contributed by atoms with E-state index in [1.165, 1.54) is 12.8 Å². The van der Waals surface area contributed by atoms with E-state index in [1.54, 1.807) is 18.2 Å². The SMILES string of the molecule is O=C(NC1CCN(CC2CC2)CC1O)c1ccc(Cl)c(Cl)c1. The molecule has 0 bridgehead atoms. The quantitative estimate of drug-likeness (QED) is 0.884. The minimum absolute atomic E-state index is 0.211. The zero-order valence-corrected chi connectivity index (χ0v) is 13.8. The van der Waals surface area contributed by atoms with Gasteiger partial charge in [0.1, 0.15) is 0 Å². The van der Waals surface area contributed by atoms with E-state index in [9.17, 15) is 9.90 Å². The first-order valence-electron chi connectivity index (χ1n) is 7.69. The second-order valence-corrected chi connectivity index (χ2v) is 7.08. The van der Waals surface area contributed by atoms with Gasteiger partial charge in [-0.25, -0.2) is 0 Å². The zero-order chi connectivity index (χ0) is 15.7. The molecule has 3 rings (SSSR count). The van der Waals surface area contributed by atoms with Gasteiger partial charge in [-0.2, -0.15) is 0 Å². The Morgan fingerprint density at radius 1 is 1.27 bits per heavy atom. The molecule has 120 valence electrons. The van der Waals surface area contributed by atoms with E-state index in [-0.39, 0.29) is 11.9 Å². The average molecular weight is 343 g/mol. The van der Waals surface area contributed by atoms with E-state index < -0.39 is 6.10 Å². The second kappa shape index (κ2) is 6.75. The van der Waals surface area contributed by atoms with Crippen molar-refractivity contribution in [2.24, 2.45) is 5.92 Å². The molecule has 2 unspecified atom stereocenters. The number of hydrogen-bond acceptors (Lipinski definition) is 3. The van der Waals surface area contributed by atoms with Crippen LogP contribution < -0.4 is 5.32 Å². The zero-order valence-electron chi connectivity index (χ0n) is 12.3. The van der Waals surface area contributed by atoms with Crippen molar-refractivity contribution in [2.75, 3.05) is 19.6 Å². The molecule has 22 heavy (non-hydrogen) atoms. The van der Waals surface area contributed by atoms with Gasteiger partial charge in [-0.1, -0.05) is 23.2 Å². The standard InChI is InChI=1S/C16H20Cl2N2O2/c17-12-4-3-11(7-13(12)18)16(22)19-14-5-6-20(9-15(14)21)8-10-1-2-10/h3-4,7,10,14-15,21H,1-2,5-6,8-9H2,(H,19,22). The maximum absolute atomic E-state index is 12.3. The van der Waals surface area contributed by atoms with Crippen molar-refractivity contribution in [3.63, 3.8) is 0 Å². The van der Waals surface area contributed by atoms with Gasteiger partial charge >= 0.3 is 0 Å². The summed E-state index contributed by atoms with van der Waals surface area (Å²) < 4.78 is 0. The molecule has 2 aliphatic rings. The number of hydrogen-bond donors (Lipinski definition) is 2. The maximum Gasteiger partial charge on any atom is 0.251 e. The van der Waals surface area contributed by atoms with Gasteiger partial charge in [-0.05, 0) is 43.4 Å². The molecule has 2 atom stereocenters. The van der Waals surface area contributed by atoms with E-state index in [0.717, 1.165) is 25.4 Å². The highest BCUT2D eigenvalue weighted by Crippen LogP contribution is 2.30. The van der Waals surface area contributed by atoms with E-state index in [1.807, 2.05) is 0 Å².